The lowest BCUT2D eigenvalue weighted by Gasteiger charge is -2.12. The molecule has 5 aromatic rings. The van der Waals surface area contributed by atoms with Crippen LogP contribution in [0.4, 0.5) is 11.4 Å². The molecule has 11 heteroatoms. The van der Waals surface area contributed by atoms with Gasteiger partial charge in [-0.25, -0.2) is 0 Å². The zero-order valence-corrected chi connectivity index (χ0v) is 17.6. The van der Waals surface area contributed by atoms with Crippen molar-refractivity contribution in [2.75, 3.05) is 7.11 Å². The Morgan fingerprint density at radius 2 is 1.62 bits per heavy atom. The summed E-state index contributed by atoms with van der Waals surface area (Å²) in [5.74, 6) is 0.919. The maximum Gasteiger partial charge on any atom is 0.318 e. The summed E-state index contributed by atoms with van der Waals surface area (Å²) >= 11 is 0. The molecule has 0 amide bonds. The van der Waals surface area contributed by atoms with Crippen molar-refractivity contribution in [3.63, 3.8) is 0 Å². The Morgan fingerprint density at radius 1 is 0.824 bits per heavy atom. The molecule has 0 atom stereocenters. The number of rotatable bonds is 6. The average molecular weight is 457 g/mol. The van der Waals surface area contributed by atoms with Crippen molar-refractivity contribution in [2.45, 2.75) is 0 Å². The van der Waals surface area contributed by atoms with Crippen LogP contribution in [0, 0.1) is 20.2 Å². The molecular weight excluding hydrogens is 442 g/mol. The third-order valence-corrected chi connectivity index (χ3v) is 5.27. The third-order valence-electron chi connectivity index (χ3n) is 5.27. The summed E-state index contributed by atoms with van der Waals surface area (Å²) < 4.78 is 13.1. The second-order valence-corrected chi connectivity index (χ2v) is 7.24. The van der Waals surface area contributed by atoms with Gasteiger partial charge in [0.2, 0.25) is 5.75 Å². The fraction of sp³-hybridized carbons (Fsp3) is 0.0435. The molecule has 0 unspecified atom stereocenters. The molecule has 0 radical (unpaired) electrons. The number of nitro groups is 2. The summed E-state index contributed by atoms with van der Waals surface area (Å²) in [6.07, 6.45) is 0. The average Bonchev–Trinajstić information content (AvgIpc) is 3.29. The maximum atomic E-state index is 11.4. The van der Waals surface area contributed by atoms with E-state index in [2.05, 4.69) is 10.2 Å². The van der Waals surface area contributed by atoms with E-state index < -0.39 is 21.2 Å². The summed E-state index contributed by atoms with van der Waals surface area (Å²) in [5, 5.41) is 32.0. The molecule has 0 bridgehead atoms. The molecule has 0 aliphatic heterocycles. The van der Waals surface area contributed by atoms with Crippen molar-refractivity contribution in [1.29, 1.82) is 0 Å². The second kappa shape index (κ2) is 8.13. The minimum absolute atomic E-state index is 0.152. The van der Waals surface area contributed by atoms with Crippen molar-refractivity contribution in [2.24, 2.45) is 0 Å². The summed E-state index contributed by atoms with van der Waals surface area (Å²) in [6.45, 7) is 0. The van der Waals surface area contributed by atoms with Crippen LogP contribution in [0.15, 0.2) is 72.8 Å². The number of fused-ring (bicyclic) bond motifs is 3. The fourth-order valence-corrected chi connectivity index (χ4v) is 3.68. The quantitative estimate of drug-likeness (QED) is 0.252. The molecule has 3 aromatic carbocycles. The van der Waals surface area contributed by atoms with Crippen molar-refractivity contribution >= 4 is 27.9 Å². The molecule has 0 spiro atoms. The van der Waals surface area contributed by atoms with Crippen molar-refractivity contribution in [3.05, 3.63) is 93.0 Å². The summed E-state index contributed by atoms with van der Waals surface area (Å²) in [6, 6.07) is 19.9. The Kier molecular flexibility index (Phi) is 4.98. The highest BCUT2D eigenvalue weighted by Crippen LogP contribution is 2.39. The van der Waals surface area contributed by atoms with Crippen LogP contribution in [-0.2, 0) is 0 Å². The van der Waals surface area contributed by atoms with Gasteiger partial charge in [0.25, 0.3) is 5.69 Å². The zero-order chi connectivity index (χ0) is 23.8. The van der Waals surface area contributed by atoms with Crippen LogP contribution in [-0.4, -0.2) is 31.6 Å². The number of nitro benzene ring substituents is 2. The molecule has 2 aromatic heterocycles. The number of non-ortho nitro benzene ring substituents is 1. The predicted molar refractivity (Wildman–Crippen MR) is 122 cm³/mol. The molecule has 0 aliphatic carbocycles. The molecule has 0 fully saturated rings. The molecule has 5 rings (SSSR count). The molecule has 0 saturated carbocycles. The molecule has 0 N–H and O–H groups in total. The topological polar surface area (TPSA) is 135 Å². The van der Waals surface area contributed by atoms with E-state index in [4.69, 9.17) is 9.47 Å². The van der Waals surface area contributed by atoms with Crippen LogP contribution in [0.25, 0.3) is 27.9 Å². The minimum Gasteiger partial charge on any atom is -0.493 e. The molecule has 0 saturated heterocycles. The van der Waals surface area contributed by atoms with Crippen LogP contribution < -0.4 is 9.47 Å². The lowest BCUT2D eigenvalue weighted by Crippen LogP contribution is -1.98. The number of aromatic nitrogens is 3. The monoisotopic (exact) mass is 457 g/mol. The molecule has 34 heavy (non-hydrogen) atoms. The van der Waals surface area contributed by atoms with E-state index in [1.807, 2.05) is 40.8 Å². The van der Waals surface area contributed by atoms with E-state index in [9.17, 15) is 20.2 Å². The first-order chi connectivity index (χ1) is 16.5. The number of para-hydroxylation sites is 1. The third kappa shape index (κ3) is 3.50. The van der Waals surface area contributed by atoms with Crippen molar-refractivity contribution in [1.82, 2.24) is 14.6 Å². The standard InChI is InChI=1S/C23H15N5O6/c1-33-21-12-15(23-25-24-22-11-7-14-4-2-3-5-17(14)26(22)23)6-9-20(21)34-19-10-8-16(27(29)30)13-18(19)28(31)32/h2-13H,1H3. The van der Waals surface area contributed by atoms with Gasteiger partial charge in [-0.1, -0.05) is 18.2 Å². The Morgan fingerprint density at radius 3 is 2.38 bits per heavy atom. The van der Waals surface area contributed by atoms with Gasteiger partial charge >= 0.3 is 5.69 Å². The lowest BCUT2D eigenvalue weighted by molar-refractivity contribution is -0.394. The molecule has 2 heterocycles. The number of hydrogen-bond donors (Lipinski definition) is 0. The maximum absolute atomic E-state index is 11.4. The van der Waals surface area contributed by atoms with E-state index in [1.54, 1.807) is 18.2 Å². The second-order valence-electron chi connectivity index (χ2n) is 7.24. The van der Waals surface area contributed by atoms with E-state index in [0.29, 0.717) is 22.8 Å². The van der Waals surface area contributed by atoms with E-state index in [0.717, 1.165) is 23.0 Å². The van der Waals surface area contributed by atoms with Gasteiger partial charge in [0.05, 0.1) is 28.5 Å². The van der Waals surface area contributed by atoms with Crippen LogP contribution in [0.1, 0.15) is 0 Å². The number of ether oxygens (including phenoxy) is 2. The molecule has 168 valence electrons. The van der Waals surface area contributed by atoms with Gasteiger partial charge in [-0.3, -0.25) is 24.6 Å². The highest BCUT2D eigenvalue weighted by molar-refractivity contribution is 5.84. The Hall–Kier alpha value is -5.06. The first-order valence-electron chi connectivity index (χ1n) is 9.98. The van der Waals surface area contributed by atoms with Gasteiger partial charge in [-0.05, 0) is 47.9 Å². The number of pyridine rings is 1. The normalized spacial score (nSPS) is 11.0. The smallest absolute Gasteiger partial charge is 0.318 e. The van der Waals surface area contributed by atoms with Crippen LogP contribution in [0.3, 0.4) is 0 Å². The highest BCUT2D eigenvalue weighted by atomic mass is 16.6. The lowest BCUT2D eigenvalue weighted by atomic mass is 10.1. The number of hydrogen-bond acceptors (Lipinski definition) is 8. The van der Waals surface area contributed by atoms with E-state index in [-0.39, 0.29) is 11.5 Å². The number of methoxy groups -OCH3 is 1. The largest absolute Gasteiger partial charge is 0.493 e. The Labute approximate surface area is 191 Å². The molecular formula is C23H15N5O6. The van der Waals surface area contributed by atoms with E-state index in [1.165, 1.54) is 13.2 Å². The molecule has 0 aliphatic rings. The van der Waals surface area contributed by atoms with Crippen LogP contribution in [0.2, 0.25) is 0 Å². The van der Waals surface area contributed by atoms with Gasteiger partial charge in [0.1, 0.15) is 0 Å². The van der Waals surface area contributed by atoms with Crippen LogP contribution in [0.5, 0.6) is 17.2 Å². The summed E-state index contributed by atoms with van der Waals surface area (Å²) in [5.41, 5.74) is 1.35. The summed E-state index contributed by atoms with van der Waals surface area (Å²) in [7, 11) is 1.44. The summed E-state index contributed by atoms with van der Waals surface area (Å²) in [4.78, 5) is 21.0. The zero-order valence-electron chi connectivity index (χ0n) is 17.6. The number of benzene rings is 3. The fourth-order valence-electron chi connectivity index (χ4n) is 3.68. The Bertz CT molecular complexity index is 1600. The van der Waals surface area contributed by atoms with Gasteiger partial charge in [0.15, 0.2) is 23.0 Å². The van der Waals surface area contributed by atoms with Crippen molar-refractivity contribution in [3.8, 4) is 28.6 Å². The van der Waals surface area contributed by atoms with Gasteiger partial charge in [-0.2, -0.15) is 0 Å². The van der Waals surface area contributed by atoms with Crippen LogP contribution >= 0.6 is 0 Å². The highest BCUT2D eigenvalue weighted by Gasteiger charge is 2.23. The SMILES string of the molecule is COc1cc(-c2nnc3ccc4ccccc4n23)ccc1Oc1ccc([N+](=O)[O-])cc1[N+](=O)[O-]. The Balaban J connectivity index is 1.58. The number of nitrogens with zero attached hydrogens (tertiary/aromatic N) is 5. The van der Waals surface area contributed by atoms with E-state index >= 15 is 0 Å². The predicted octanol–water partition coefficient (Wildman–Crippen LogP) is 5.17. The van der Waals surface area contributed by atoms with Crippen molar-refractivity contribution < 1.29 is 19.3 Å². The van der Waals surface area contributed by atoms with Gasteiger partial charge < -0.3 is 9.47 Å². The first-order valence-corrected chi connectivity index (χ1v) is 9.98. The van der Waals surface area contributed by atoms with Gasteiger partial charge in [-0.15, -0.1) is 10.2 Å². The molecule has 11 nitrogen and oxygen atoms in total. The minimum atomic E-state index is -0.739. The van der Waals surface area contributed by atoms with Gasteiger partial charge in [0, 0.05) is 11.6 Å². The first kappa shape index (κ1) is 20.8.